The van der Waals surface area contributed by atoms with Crippen molar-refractivity contribution in [1.82, 2.24) is 20.1 Å². The zero-order valence-corrected chi connectivity index (χ0v) is 13.9. The minimum absolute atomic E-state index is 0.205. The Labute approximate surface area is 134 Å². The van der Waals surface area contributed by atoms with Crippen molar-refractivity contribution in [3.63, 3.8) is 0 Å². The fraction of sp³-hybridized carbons (Fsp3) is 0.562. The van der Waals surface area contributed by atoms with Gasteiger partial charge in [-0.15, -0.1) is 11.3 Å². The SMILES string of the molecule is Cc1nc(CC(=O)N2CCC[C@@H](Cc3[nH]ncc3C)C2)cs1. The molecule has 0 aliphatic carbocycles. The maximum Gasteiger partial charge on any atom is 0.228 e. The minimum Gasteiger partial charge on any atom is -0.342 e. The number of piperidine rings is 1. The number of carbonyl (C=O) groups is 1. The van der Waals surface area contributed by atoms with E-state index >= 15 is 0 Å². The highest BCUT2D eigenvalue weighted by molar-refractivity contribution is 7.09. The first-order valence-electron chi connectivity index (χ1n) is 7.79. The molecule has 3 rings (SSSR count). The molecule has 0 bridgehead atoms. The predicted molar refractivity (Wildman–Crippen MR) is 86.9 cm³/mol. The van der Waals surface area contributed by atoms with Crippen LogP contribution in [-0.2, 0) is 17.6 Å². The summed E-state index contributed by atoms with van der Waals surface area (Å²) in [6.07, 6.45) is 5.54. The maximum atomic E-state index is 12.5. The van der Waals surface area contributed by atoms with Crippen molar-refractivity contribution in [3.05, 3.63) is 33.5 Å². The van der Waals surface area contributed by atoms with Crippen LogP contribution in [0, 0.1) is 19.8 Å². The van der Waals surface area contributed by atoms with Gasteiger partial charge in [0, 0.05) is 24.2 Å². The minimum atomic E-state index is 0.205. The first-order valence-corrected chi connectivity index (χ1v) is 8.67. The summed E-state index contributed by atoms with van der Waals surface area (Å²) in [5.41, 5.74) is 3.31. The van der Waals surface area contributed by atoms with Gasteiger partial charge in [0.1, 0.15) is 0 Å². The number of aromatic nitrogens is 3. The lowest BCUT2D eigenvalue weighted by molar-refractivity contribution is -0.132. The summed E-state index contributed by atoms with van der Waals surface area (Å²) in [5, 5.41) is 10.2. The standard InChI is InChI=1S/C16H22N4OS/c1-11-8-17-19-15(11)6-13-4-3-5-20(9-13)16(21)7-14-10-22-12(2)18-14/h8,10,13H,3-7,9H2,1-2H3,(H,17,19)/t13-/m0/s1. The molecule has 1 N–H and O–H groups in total. The number of nitrogens with one attached hydrogen (secondary N) is 1. The van der Waals surface area contributed by atoms with Crippen LogP contribution in [0.1, 0.15) is 34.8 Å². The summed E-state index contributed by atoms with van der Waals surface area (Å²) < 4.78 is 0. The second kappa shape index (κ2) is 6.60. The van der Waals surface area contributed by atoms with Crippen LogP contribution >= 0.6 is 11.3 Å². The van der Waals surface area contributed by atoms with E-state index in [1.807, 2.05) is 23.4 Å². The van der Waals surface area contributed by atoms with E-state index in [2.05, 4.69) is 22.1 Å². The molecule has 1 amide bonds. The first-order chi connectivity index (χ1) is 10.6. The largest absolute Gasteiger partial charge is 0.342 e. The number of likely N-dealkylation sites (tertiary alicyclic amines) is 1. The van der Waals surface area contributed by atoms with Gasteiger partial charge >= 0.3 is 0 Å². The Hall–Kier alpha value is -1.69. The lowest BCUT2D eigenvalue weighted by Gasteiger charge is -2.32. The first kappa shape index (κ1) is 15.2. The van der Waals surface area contributed by atoms with Crippen LogP contribution in [0.15, 0.2) is 11.6 Å². The monoisotopic (exact) mass is 318 g/mol. The Kier molecular flexibility index (Phi) is 4.57. The average Bonchev–Trinajstić information content (AvgIpc) is 3.08. The third-order valence-electron chi connectivity index (χ3n) is 4.30. The van der Waals surface area contributed by atoms with Crippen molar-refractivity contribution in [2.75, 3.05) is 13.1 Å². The van der Waals surface area contributed by atoms with Crippen molar-refractivity contribution in [3.8, 4) is 0 Å². The van der Waals surface area contributed by atoms with E-state index in [4.69, 9.17) is 0 Å². The van der Waals surface area contributed by atoms with Crippen LogP contribution in [0.5, 0.6) is 0 Å². The van der Waals surface area contributed by atoms with Crippen LogP contribution in [0.3, 0.4) is 0 Å². The molecule has 0 saturated carbocycles. The van der Waals surface area contributed by atoms with Gasteiger partial charge in [-0.25, -0.2) is 4.98 Å². The molecule has 2 aromatic heterocycles. The van der Waals surface area contributed by atoms with Crippen LogP contribution in [0.25, 0.3) is 0 Å². The number of H-pyrrole nitrogens is 1. The molecule has 0 spiro atoms. The topological polar surface area (TPSA) is 61.9 Å². The number of thiazole rings is 1. The van der Waals surface area contributed by atoms with E-state index in [1.165, 1.54) is 17.7 Å². The second-order valence-electron chi connectivity index (χ2n) is 6.12. The third-order valence-corrected chi connectivity index (χ3v) is 5.12. The van der Waals surface area contributed by atoms with E-state index in [1.54, 1.807) is 11.3 Å². The average molecular weight is 318 g/mol. The Bertz CT molecular complexity index is 648. The second-order valence-corrected chi connectivity index (χ2v) is 7.18. The summed E-state index contributed by atoms with van der Waals surface area (Å²) >= 11 is 1.61. The fourth-order valence-corrected chi connectivity index (χ4v) is 3.70. The molecule has 0 aromatic carbocycles. The molecular formula is C16H22N4OS. The molecule has 1 saturated heterocycles. The van der Waals surface area contributed by atoms with E-state index in [0.29, 0.717) is 12.3 Å². The lowest BCUT2D eigenvalue weighted by Crippen LogP contribution is -2.41. The molecule has 1 aliphatic rings. The summed E-state index contributed by atoms with van der Waals surface area (Å²) in [7, 11) is 0. The summed E-state index contributed by atoms with van der Waals surface area (Å²) in [6, 6.07) is 0. The molecule has 0 unspecified atom stereocenters. The molecule has 1 atom stereocenters. The van der Waals surface area contributed by atoms with Gasteiger partial charge in [-0.1, -0.05) is 0 Å². The number of nitrogens with zero attached hydrogens (tertiary/aromatic N) is 3. The molecular weight excluding hydrogens is 296 g/mol. The predicted octanol–water partition coefficient (Wildman–Crippen LogP) is 2.51. The van der Waals surface area contributed by atoms with Gasteiger partial charge in [0.2, 0.25) is 5.91 Å². The van der Waals surface area contributed by atoms with Gasteiger partial charge < -0.3 is 4.90 Å². The summed E-state index contributed by atoms with van der Waals surface area (Å²) in [6.45, 7) is 5.78. The van der Waals surface area contributed by atoms with Gasteiger partial charge in [0.25, 0.3) is 0 Å². The maximum absolute atomic E-state index is 12.5. The normalized spacial score (nSPS) is 18.6. The number of carbonyl (C=O) groups excluding carboxylic acids is 1. The van der Waals surface area contributed by atoms with Gasteiger partial charge in [-0.05, 0) is 44.6 Å². The van der Waals surface area contributed by atoms with Crippen LogP contribution in [0.2, 0.25) is 0 Å². The third kappa shape index (κ3) is 3.55. The highest BCUT2D eigenvalue weighted by atomic mass is 32.1. The van der Waals surface area contributed by atoms with Gasteiger partial charge in [-0.2, -0.15) is 5.10 Å². The number of aryl methyl sites for hydroxylation is 2. The van der Waals surface area contributed by atoms with Gasteiger partial charge in [-0.3, -0.25) is 9.89 Å². The van der Waals surface area contributed by atoms with Crippen molar-refractivity contribution < 1.29 is 4.79 Å². The zero-order chi connectivity index (χ0) is 15.5. The van der Waals surface area contributed by atoms with Crippen molar-refractivity contribution in [2.24, 2.45) is 5.92 Å². The zero-order valence-electron chi connectivity index (χ0n) is 13.1. The molecule has 22 heavy (non-hydrogen) atoms. The number of hydrogen-bond acceptors (Lipinski definition) is 4. The van der Waals surface area contributed by atoms with E-state index in [9.17, 15) is 4.79 Å². The molecule has 3 heterocycles. The highest BCUT2D eigenvalue weighted by Gasteiger charge is 2.25. The summed E-state index contributed by atoms with van der Waals surface area (Å²) in [4.78, 5) is 18.9. The lowest BCUT2D eigenvalue weighted by atomic mass is 9.92. The molecule has 1 fully saturated rings. The molecule has 0 radical (unpaired) electrons. The Morgan fingerprint density at radius 2 is 2.36 bits per heavy atom. The number of rotatable bonds is 4. The number of hydrogen-bond donors (Lipinski definition) is 1. The van der Waals surface area contributed by atoms with Crippen LogP contribution < -0.4 is 0 Å². The Morgan fingerprint density at radius 1 is 1.50 bits per heavy atom. The number of aromatic amines is 1. The molecule has 118 valence electrons. The van der Waals surface area contributed by atoms with Crippen LogP contribution in [-0.4, -0.2) is 39.1 Å². The van der Waals surface area contributed by atoms with E-state index in [0.717, 1.165) is 36.6 Å². The Balaban J connectivity index is 1.58. The van der Waals surface area contributed by atoms with Crippen molar-refractivity contribution in [2.45, 2.75) is 39.5 Å². The molecule has 2 aromatic rings. The molecule has 5 nitrogen and oxygen atoms in total. The number of amides is 1. The van der Waals surface area contributed by atoms with Crippen LogP contribution in [0.4, 0.5) is 0 Å². The fourth-order valence-electron chi connectivity index (χ4n) is 3.08. The van der Waals surface area contributed by atoms with Crippen molar-refractivity contribution in [1.29, 1.82) is 0 Å². The molecule has 1 aliphatic heterocycles. The van der Waals surface area contributed by atoms with E-state index < -0.39 is 0 Å². The van der Waals surface area contributed by atoms with Gasteiger partial charge in [0.15, 0.2) is 0 Å². The smallest absolute Gasteiger partial charge is 0.228 e. The van der Waals surface area contributed by atoms with Crippen molar-refractivity contribution >= 4 is 17.2 Å². The quantitative estimate of drug-likeness (QED) is 0.942. The summed E-state index contributed by atoms with van der Waals surface area (Å²) in [5.74, 6) is 0.727. The Morgan fingerprint density at radius 3 is 3.05 bits per heavy atom. The molecule has 6 heteroatoms. The highest BCUT2D eigenvalue weighted by Crippen LogP contribution is 2.22. The van der Waals surface area contributed by atoms with Gasteiger partial charge in [0.05, 0.1) is 23.3 Å². The van der Waals surface area contributed by atoms with E-state index in [-0.39, 0.29) is 5.91 Å².